The summed E-state index contributed by atoms with van der Waals surface area (Å²) in [6, 6.07) is 20.3. The second-order valence-electron chi connectivity index (χ2n) is 6.87. The van der Waals surface area contributed by atoms with Crippen LogP contribution in [0, 0.1) is 10.1 Å². The van der Waals surface area contributed by atoms with Crippen molar-refractivity contribution in [2.75, 3.05) is 19.2 Å². The van der Waals surface area contributed by atoms with Gasteiger partial charge in [0.05, 0.1) is 30.4 Å². The summed E-state index contributed by atoms with van der Waals surface area (Å²) in [6.45, 7) is 0. The lowest BCUT2D eigenvalue weighted by Gasteiger charge is -2.11. The van der Waals surface area contributed by atoms with Gasteiger partial charge in [0, 0.05) is 29.3 Å². The van der Waals surface area contributed by atoms with E-state index in [9.17, 15) is 14.9 Å². The third-order valence-electron chi connectivity index (χ3n) is 4.97. The molecule has 8 nitrogen and oxygen atoms in total. The molecule has 0 aromatic heterocycles. The van der Waals surface area contributed by atoms with Crippen LogP contribution < -0.4 is 14.5 Å². The van der Waals surface area contributed by atoms with E-state index in [1.807, 2.05) is 30.3 Å². The normalized spacial score (nSPS) is 14.4. The first kappa shape index (κ1) is 20.8. The zero-order chi connectivity index (χ0) is 22.7. The predicted octanol–water partition coefficient (Wildman–Crippen LogP) is 4.45. The van der Waals surface area contributed by atoms with E-state index in [0.717, 1.165) is 5.56 Å². The molecule has 1 amide bonds. The second kappa shape index (κ2) is 8.73. The Bertz CT molecular complexity index is 1230. The summed E-state index contributed by atoms with van der Waals surface area (Å²) in [5, 5.41) is 16.8. The Morgan fingerprint density at radius 3 is 2.31 bits per heavy atom. The lowest BCUT2D eigenvalue weighted by Crippen LogP contribution is -2.21. The number of nitro benzene ring substituents is 1. The van der Waals surface area contributed by atoms with Gasteiger partial charge in [0.15, 0.2) is 0 Å². The van der Waals surface area contributed by atoms with Crippen molar-refractivity contribution in [3.8, 4) is 11.5 Å². The number of carbonyl (C=O) groups excluding carboxylic acids is 1. The second-order valence-corrected chi connectivity index (χ2v) is 6.87. The smallest absolute Gasteiger partial charge is 0.281 e. The molecular weight excluding hydrogens is 410 g/mol. The number of nitro groups is 1. The van der Waals surface area contributed by atoms with Gasteiger partial charge < -0.3 is 9.47 Å². The third kappa shape index (κ3) is 3.93. The first-order valence-corrected chi connectivity index (χ1v) is 9.69. The lowest BCUT2D eigenvalue weighted by molar-refractivity contribution is -0.384. The van der Waals surface area contributed by atoms with E-state index in [0.29, 0.717) is 34.0 Å². The Hall–Kier alpha value is -4.46. The van der Waals surface area contributed by atoms with E-state index in [-0.39, 0.29) is 11.6 Å². The number of rotatable bonds is 6. The van der Waals surface area contributed by atoms with Gasteiger partial charge in [0.1, 0.15) is 17.2 Å². The van der Waals surface area contributed by atoms with Gasteiger partial charge in [-0.2, -0.15) is 10.1 Å². The Morgan fingerprint density at radius 1 is 0.969 bits per heavy atom. The first-order valence-electron chi connectivity index (χ1n) is 9.69. The fourth-order valence-corrected chi connectivity index (χ4v) is 3.34. The number of hydrazone groups is 1. The molecule has 1 aliphatic heterocycles. The van der Waals surface area contributed by atoms with Crippen LogP contribution in [0.5, 0.6) is 11.5 Å². The van der Waals surface area contributed by atoms with Gasteiger partial charge in [-0.3, -0.25) is 14.9 Å². The number of amides is 1. The molecule has 0 bridgehead atoms. The van der Waals surface area contributed by atoms with E-state index in [4.69, 9.17) is 9.47 Å². The molecule has 1 aliphatic rings. The van der Waals surface area contributed by atoms with Crippen LogP contribution in [0.1, 0.15) is 11.1 Å². The number of hydrogen-bond acceptors (Lipinski definition) is 6. The Balaban J connectivity index is 1.81. The quantitative estimate of drug-likeness (QED) is 0.328. The SMILES string of the molecule is COc1ccc(/C=C2/C(=O)N(c3ccc([N+](=O)[O-])cc3)N=C2c2ccccc2)c(OC)c1. The molecule has 0 N–H and O–H groups in total. The highest BCUT2D eigenvalue weighted by Gasteiger charge is 2.32. The van der Waals surface area contributed by atoms with Crippen molar-refractivity contribution in [1.29, 1.82) is 0 Å². The average molecular weight is 429 g/mol. The van der Waals surface area contributed by atoms with Crippen LogP contribution in [-0.2, 0) is 4.79 Å². The molecule has 8 heteroatoms. The number of carbonyl (C=O) groups is 1. The third-order valence-corrected chi connectivity index (χ3v) is 4.97. The Labute approximate surface area is 184 Å². The maximum atomic E-state index is 13.4. The van der Waals surface area contributed by atoms with Gasteiger partial charge in [-0.1, -0.05) is 30.3 Å². The highest BCUT2D eigenvalue weighted by molar-refractivity contribution is 6.37. The molecular formula is C24H19N3O5. The number of methoxy groups -OCH3 is 2. The first-order chi connectivity index (χ1) is 15.5. The summed E-state index contributed by atoms with van der Waals surface area (Å²) in [5.41, 5.74) is 2.69. The maximum Gasteiger partial charge on any atom is 0.281 e. The molecule has 160 valence electrons. The highest BCUT2D eigenvalue weighted by Crippen LogP contribution is 2.32. The van der Waals surface area contributed by atoms with Crippen LogP contribution in [-0.4, -0.2) is 30.8 Å². The predicted molar refractivity (Wildman–Crippen MR) is 121 cm³/mol. The summed E-state index contributed by atoms with van der Waals surface area (Å²) in [4.78, 5) is 23.9. The number of anilines is 1. The van der Waals surface area contributed by atoms with Crippen molar-refractivity contribution in [1.82, 2.24) is 0 Å². The lowest BCUT2D eigenvalue weighted by atomic mass is 10.00. The van der Waals surface area contributed by atoms with Gasteiger partial charge in [-0.15, -0.1) is 0 Å². The van der Waals surface area contributed by atoms with Crippen molar-refractivity contribution in [3.63, 3.8) is 0 Å². The summed E-state index contributed by atoms with van der Waals surface area (Å²) in [6.07, 6.45) is 1.72. The highest BCUT2D eigenvalue weighted by atomic mass is 16.6. The number of hydrogen-bond donors (Lipinski definition) is 0. The Morgan fingerprint density at radius 2 is 1.69 bits per heavy atom. The minimum absolute atomic E-state index is 0.0635. The summed E-state index contributed by atoms with van der Waals surface area (Å²) in [7, 11) is 3.11. The zero-order valence-corrected chi connectivity index (χ0v) is 17.4. The number of nitrogens with zero attached hydrogens (tertiary/aromatic N) is 3. The van der Waals surface area contributed by atoms with Crippen molar-refractivity contribution in [2.45, 2.75) is 0 Å². The molecule has 3 aromatic carbocycles. The van der Waals surface area contributed by atoms with Crippen LogP contribution in [0.4, 0.5) is 11.4 Å². The molecule has 0 saturated heterocycles. The fourth-order valence-electron chi connectivity index (χ4n) is 3.34. The summed E-state index contributed by atoms with van der Waals surface area (Å²) < 4.78 is 10.7. The van der Waals surface area contributed by atoms with E-state index >= 15 is 0 Å². The number of ether oxygens (including phenoxy) is 2. The standard InChI is InChI=1S/C24H19N3O5/c1-31-20-13-8-17(22(15-20)32-2)14-21-23(16-6-4-3-5-7-16)25-26(24(21)28)18-9-11-19(12-10-18)27(29)30/h3-15H,1-2H3/b21-14+. The van der Waals surface area contributed by atoms with Crippen LogP contribution >= 0.6 is 0 Å². The topological polar surface area (TPSA) is 94.3 Å². The van der Waals surface area contributed by atoms with Gasteiger partial charge in [0.25, 0.3) is 11.6 Å². The molecule has 1 heterocycles. The number of non-ortho nitro benzene ring substituents is 1. The minimum atomic E-state index is -0.491. The van der Waals surface area contributed by atoms with Gasteiger partial charge >= 0.3 is 0 Å². The van der Waals surface area contributed by atoms with E-state index in [1.54, 1.807) is 38.5 Å². The van der Waals surface area contributed by atoms with Crippen LogP contribution in [0.3, 0.4) is 0 Å². The minimum Gasteiger partial charge on any atom is -0.497 e. The molecule has 32 heavy (non-hydrogen) atoms. The van der Waals surface area contributed by atoms with Crippen LogP contribution in [0.25, 0.3) is 6.08 Å². The fraction of sp³-hybridized carbons (Fsp3) is 0.0833. The van der Waals surface area contributed by atoms with Crippen LogP contribution in [0.15, 0.2) is 83.5 Å². The molecule has 0 fully saturated rings. The van der Waals surface area contributed by atoms with Gasteiger partial charge in [-0.25, -0.2) is 0 Å². The van der Waals surface area contributed by atoms with Gasteiger partial charge in [-0.05, 0) is 30.3 Å². The van der Waals surface area contributed by atoms with Crippen molar-refractivity contribution < 1.29 is 19.2 Å². The summed E-state index contributed by atoms with van der Waals surface area (Å²) in [5.74, 6) is 0.827. The maximum absolute atomic E-state index is 13.4. The average Bonchev–Trinajstić information content (AvgIpc) is 3.15. The zero-order valence-electron chi connectivity index (χ0n) is 17.4. The largest absolute Gasteiger partial charge is 0.497 e. The van der Waals surface area contributed by atoms with Gasteiger partial charge in [0.2, 0.25) is 0 Å². The van der Waals surface area contributed by atoms with E-state index in [1.165, 1.54) is 29.3 Å². The molecule has 0 radical (unpaired) electrons. The molecule has 0 aliphatic carbocycles. The van der Waals surface area contributed by atoms with Crippen molar-refractivity contribution in [2.24, 2.45) is 5.10 Å². The van der Waals surface area contributed by atoms with Crippen molar-refractivity contribution in [3.05, 3.63) is 99.6 Å². The van der Waals surface area contributed by atoms with E-state index in [2.05, 4.69) is 5.10 Å². The summed E-state index contributed by atoms with van der Waals surface area (Å²) >= 11 is 0. The Kier molecular flexibility index (Phi) is 5.67. The van der Waals surface area contributed by atoms with Crippen LogP contribution in [0.2, 0.25) is 0 Å². The molecule has 0 atom stereocenters. The monoisotopic (exact) mass is 429 g/mol. The molecule has 0 spiro atoms. The van der Waals surface area contributed by atoms with Crippen molar-refractivity contribution >= 4 is 29.1 Å². The molecule has 0 unspecified atom stereocenters. The molecule has 4 rings (SSSR count). The molecule has 0 saturated carbocycles. The molecule has 3 aromatic rings. The number of benzene rings is 3. The van der Waals surface area contributed by atoms with E-state index < -0.39 is 4.92 Å².